The van der Waals surface area contributed by atoms with E-state index in [0.717, 1.165) is 22.0 Å². The van der Waals surface area contributed by atoms with Crippen LogP contribution in [0.15, 0.2) is 60.8 Å². The van der Waals surface area contributed by atoms with Crippen LogP contribution in [0.3, 0.4) is 0 Å². The Kier molecular flexibility index (Phi) is 5.85. The van der Waals surface area contributed by atoms with Crippen molar-refractivity contribution in [1.82, 2.24) is 10.3 Å². The second-order valence-corrected chi connectivity index (χ2v) is 6.11. The number of hydrogen-bond acceptors (Lipinski definition) is 4. The van der Waals surface area contributed by atoms with Crippen molar-refractivity contribution in [2.75, 3.05) is 0 Å². The number of aromatic amines is 1. The number of carbonyl (C=O) groups is 2. The van der Waals surface area contributed by atoms with Crippen molar-refractivity contribution < 1.29 is 14.3 Å². The molecule has 0 aliphatic carbocycles. The minimum absolute atomic E-state index is 0.123. The van der Waals surface area contributed by atoms with Gasteiger partial charge in [-0.15, -0.1) is 0 Å². The summed E-state index contributed by atoms with van der Waals surface area (Å²) in [6.07, 6.45) is 1.78. The van der Waals surface area contributed by atoms with Gasteiger partial charge in [0.1, 0.15) is 19.1 Å². The average Bonchev–Trinajstić information content (AvgIpc) is 3.09. The lowest BCUT2D eigenvalue weighted by Gasteiger charge is -2.17. The molecule has 1 atom stereocenters. The normalized spacial score (nSPS) is 11.5. The van der Waals surface area contributed by atoms with Crippen LogP contribution in [-0.2, 0) is 27.4 Å². The summed E-state index contributed by atoms with van der Waals surface area (Å²) < 4.78 is 5.38. The van der Waals surface area contributed by atoms with Crippen molar-refractivity contribution in [3.63, 3.8) is 0 Å². The molecule has 0 fully saturated rings. The molecule has 0 unspecified atom stereocenters. The molecule has 0 aliphatic heterocycles. The molecule has 3 rings (SSSR count). The number of amides is 1. The van der Waals surface area contributed by atoms with E-state index in [9.17, 15) is 9.59 Å². The number of carbonyl (C=O) groups excluding carboxylic acids is 2. The number of nitriles is 1. The molecule has 0 spiro atoms. The fourth-order valence-corrected chi connectivity index (χ4v) is 2.86. The standard InChI is InChI=1S/C21H19N3O3/c22-11-10-20(25)24-19(21(26)27-14-15-6-2-1-3-7-15)12-16-13-23-18-9-5-4-8-17(16)18/h1-9,13,19,23H,10,12,14H2,(H,24,25)/t19-/m1/s1. The van der Waals surface area contributed by atoms with Crippen LogP contribution < -0.4 is 5.32 Å². The van der Waals surface area contributed by atoms with Crippen LogP contribution >= 0.6 is 0 Å². The number of esters is 1. The Hall–Kier alpha value is -3.59. The number of hydrogen-bond donors (Lipinski definition) is 2. The van der Waals surface area contributed by atoms with Crippen LogP contribution in [0.2, 0.25) is 0 Å². The Morgan fingerprint density at radius 1 is 1.11 bits per heavy atom. The van der Waals surface area contributed by atoms with Crippen molar-refractivity contribution in [2.45, 2.75) is 25.5 Å². The topological polar surface area (TPSA) is 95.0 Å². The van der Waals surface area contributed by atoms with Crippen molar-refractivity contribution in [3.05, 3.63) is 71.9 Å². The highest BCUT2D eigenvalue weighted by atomic mass is 16.5. The second-order valence-electron chi connectivity index (χ2n) is 6.11. The maximum atomic E-state index is 12.6. The van der Waals surface area contributed by atoms with Crippen molar-refractivity contribution in [1.29, 1.82) is 5.26 Å². The second kappa shape index (κ2) is 8.68. The molecule has 6 heteroatoms. The van der Waals surface area contributed by atoms with Crippen molar-refractivity contribution >= 4 is 22.8 Å². The number of H-pyrrole nitrogens is 1. The van der Waals surface area contributed by atoms with Crippen LogP contribution in [0.5, 0.6) is 0 Å². The van der Waals surface area contributed by atoms with E-state index in [1.807, 2.05) is 60.8 Å². The summed E-state index contributed by atoms with van der Waals surface area (Å²) in [5, 5.41) is 12.3. The molecule has 0 saturated heterocycles. The van der Waals surface area contributed by atoms with Gasteiger partial charge in [0.15, 0.2) is 0 Å². The number of aromatic nitrogens is 1. The van der Waals surface area contributed by atoms with Crippen LogP contribution in [0, 0.1) is 11.3 Å². The molecule has 2 aromatic carbocycles. The molecule has 3 aromatic rings. The molecular weight excluding hydrogens is 342 g/mol. The zero-order chi connectivity index (χ0) is 19.1. The number of nitrogens with zero attached hydrogens (tertiary/aromatic N) is 1. The van der Waals surface area contributed by atoms with Gasteiger partial charge in [0, 0.05) is 23.5 Å². The highest BCUT2D eigenvalue weighted by Gasteiger charge is 2.24. The molecule has 0 saturated carbocycles. The maximum Gasteiger partial charge on any atom is 0.329 e. The molecule has 1 aromatic heterocycles. The van der Waals surface area contributed by atoms with E-state index < -0.39 is 17.9 Å². The first-order chi connectivity index (χ1) is 13.2. The van der Waals surface area contributed by atoms with Gasteiger partial charge in [-0.05, 0) is 17.2 Å². The Bertz CT molecular complexity index is 973. The zero-order valence-corrected chi connectivity index (χ0v) is 14.6. The lowest BCUT2D eigenvalue weighted by molar-refractivity contribution is -0.149. The minimum atomic E-state index is -0.867. The van der Waals surface area contributed by atoms with Gasteiger partial charge in [-0.25, -0.2) is 4.79 Å². The van der Waals surface area contributed by atoms with Crippen LogP contribution in [-0.4, -0.2) is 22.9 Å². The van der Waals surface area contributed by atoms with Crippen LogP contribution in [0.1, 0.15) is 17.5 Å². The molecule has 0 bridgehead atoms. The van der Waals surface area contributed by atoms with Gasteiger partial charge in [-0.1, -0.05) is 48.5 Å². The molecule has 0 aliphatic rings. The fourth-order valence-electron chi connectivity index (χ4n) is 2.86. The Morgan fingerprint density at radius 2 is 1.85 bits per heavy atom. The number of fused-ring (bicyclic) bond motifs is 1. The Labute approximate surface area is 156 Å². The number of ether oxygens (including phenoxy) is 1. The van der Waals surface area contributed by atoms with Crippen LogP contribution in [0.4, 0.5) is 0 Å². The third-order valence-electron chi connectivity index (χ3n) is 4.18. The molecule has 27 heavy (non-hydrogen) atoms. The first kappa shape index (κ1) is 18.2. The molecule has 136 valence electrons. The molecule has 1 amide bonds. The molecule has 0 radical (unpaired) electrons. The highest BCUT2D eigenvalue weighted by Crippen LogP contribution is 2.19. The maximum absolute atomic E-state index is 12.6. The highest BCUT2D eigenvalue weighted by molar-refractivity contribution is 5.87. The van der Waals surface area contributed by atoms with E-state index in [0.29, 0.717) is 0 Å². The Morgan fingerprint density at radius 3 is 2.63 bits per heavy atom. The predicted octanol–water partition coefficient (Wildman–Crippen LogP) is 2.85. The summed E-state index contributed by atoms with van der Waals surface area (Å²) in [5.41, 5.74) is 2.71. The number of para-hydroxylation sites is 1. The Balaban J connectivity index is 1.74. The summed E-state index contributed by atoms with van der Waals surface area (Å²) in [6.45, 7) is 0.123. The van der Waals surface area contributed by atoms with E-state index in [2.05, 4.69) is 10.3 Å². The number of benzene rings is 2. The minimum Gasteiger partial charge on any atom is -0.459 e. The summed E-state index contributed by atoms with van der Waals surface area (Å²) >= 11 is 0. The fraction of sp³-hybridized carbons (Fsp3) is 0.190. The van der Waals surface area contributed by atoms with Gasteiger partial charge in [0.25, 0.3) is 0 Å². The van der Waals surface area contributed by atoms with Gasteiger partial charge in [0.05, 0.1) is 6.07 Å². The van der Waals surface area contributed by atoms with Gasteiger partial charge in [-0.3, -0.25) is 4.79 Å². The molecule has 6 nitrogen and oxygen atoms in total. The van der Waals surface area contributed by atoms with Crippen LogP contribution in [0.25, 0.3) is 10.9 Å². The summed E-state index contributed by atoms with van der Waals surface area (Å²) in [7, 11) is 0. The first-order valence-corrected chi connectivity index (χ1v) is 8.59. The lowest BCUT2D eigenvalue weighted by Crippen LogP contribution is -2.43. The lowest BCUT2D eigenvalue weighted by atomic mass is 10.0. The first-order valence-electron chi connectivity index (χ1n) is 8.59. The monoisotopic (exact) mass is 361 g/mol. The van der Waals surface area contributed by atoms with E-state index in [1.165, 1.54) is 0 Å². The third kappa shape index (κ3) is 4.73. The largest absolute Gasteiger partial charge is 0.459 e. The number of rotatable bonds is 7. The smallest absolute Gasteiger partial charge is 0.329 e. The quantitative estimate of drug-likeness (QED) is 0.633. The zero-order valence-electron chi connectivity index (χ0n) is 14.6. The summed E-state index contributed by atoms with van der Waals surface area (Å²) in [5.74, 6) is -1.03. The van der Waals surface area contributed by atoms with E-state index in [1.54, 1.807) is 6.07 Å². The van der Waals surface area contributed by atoms with Gasteiger partial charge in [-0.2, -0.15) is 5.26 Å². The van der Waals surface area contributed by atoms with Crippen molar-refractivity contribution in [3.8, 4) is 6.07 Å². The predicted molar refractivity (Wildman–Crippen MR) is 100 cm³/mol. The van der Waals surface area contributed by atoms with Gasteiger partial charge >= 0.3 is 5.97 Å². The van der Waals surface area contributed by atoms with Gasteiger partial charge in [0.2, 0.25) is 5.91 Å². The molecule has 2 N–H and O–H groups in total. The molecule has 1 heterocycles. The SMILES string of the molecule is N#CCC(=O)N[C@H](Cc1c[nH]c2ccccc12)C(=O)OCc1ccccc1. The summed E-state index contributed by atoms with van der Waals surface area (Å²) in [6, 6.07) is 18.0. The average molecular weight is 361 g/mol. The van der Waals surface area contributed by atoms with Crippen molar-refractivity contribution in [2.24, 2.45) is 0 Å². The summed E-state index contributed by atoms with van der Waals surface area (Å²) in [4.78, 5) is 27.6. The van der Waals surface area contributed by atoms with Gasteiger partial charge < -0.3 is 15.0 Å². The van der Waals surface area contributed by atoms with E-state index in [4.69, 9.17) is 10.00 Å². The third-order valence-corrected chi connectivity index (χ3v) is 4.18. The molecular formula is C21H19N3O3. The number of nitrogens with one attached hydrogen (secondary N) is 2. The van der Waals surface area contributed by atoms with E-state index in [-0.39, 0.29) is 19.4 Å². The van der Waals surface area contributed by atoms with E-state index >= 15 is 0 Å².